The van der Waals surface area contributed by atoms with Crippen molar-refractivity contribution >= 4 is 40.7 Å². The average Bonchev–Trinajstić information content (AvgIpc) is 3.62. The molecule has 0 fully saturated rings. The number of fused-ring (bicyclic) bond motifs is 1. The van der Waals surface area contributed by atoms with Gasteiger partial charge in [0.2, 0.25) is 0 Å². The minimum absolute atomic E-state index is 0.219. The number of carbonyl (C=O) groups excluding carboxylic acids is 2. The number of benzene rings is 1. The summed E-state index contributed by atoms with van der Waals surface area (Å²) >= 11 is 2.77. The predicted molar refractivity (Wildman–Crippen MR) is 151 cm³/mol. The van der Waals surface area contributed by atoms with Crippen LogP contribution in [0.1, 0.15) is 52.1 Å². The molecule has 1 aliphatic rings. The van der Waals surface area contributed by atoms with Gasteiger partial charge in [0, 0.05) is 22.0 Å². The number of carbonyl (C=O) groups is 2. The van der Waals surface area contributed by atoms with Gasteiger partial charge in [-0.3, -0.25) is 9.36 Å². The molecular formula is C29H27N3O5S2. The molecule has 0 radical (unpaired) electrons. The Morgan fingerprint density at radius 2 is 1.90 bits per heavy atom. The summed E-state index contributed by atoms with van der Waals surface area (Å²) in [6.45, 7) is 7.71. The number of ether oxygens (including phenoxy) is 2. The molecule has 0 N–H and O–H groups in total. The van der Waals surface area contributed by atoms with E-state index in [0.717, 1.165) is 27.5 Å². The van der Waals surface area contributed by atoms with Crippen LogP contribution >= 0.6 is 22.7 Å². The number of thiophene rings is 1. The first-order chi connectivity index (χ1) is 18.7. The van der Waals surface area contributed by atoms with Gasteiger partial charge in [0.05, 0.1) is 35.1 Å². The molecule has 1 aliphatic heterocycles. The zero-order valence-corrected chi connectivity index (χ0v) is 23.8. The highest BCUT2D eigenvalue weighted by atomic mass is 32.1. The lowest BCUT2D eigenvalue weighted by atomic mass is 10.0. The maximum absolute atomic E-state index is 13.8. The second-order valence-electron chi connectivity index (χ2n) is 9.02. The molecule has 4 heterocycles. The Bertz CT molecular complexity index is 1810. The standard InChI is InChI=1S/C29H27N3O5S2/c1-6-37-28(35)24-17(3)30-29-32(25(24)22-11-8-12-38-22)26(33)23(39-29)15-20-13-16(2)31(18(20)4)21-10-7-9-19(14-21)27(34)36-5/h7-15,25H,6H2,1-5H3/b23-15+. The Labute approximate surface area is 232 Å². The van der Waals surface area contributed by atoms with Crippen LogP contribution in [0.2, 0.25) is 0 Å². The Morgan fingerprint density at radius 1 is 1.10 bits per heavy atom. The Balaban J connectivity index is 1.65. The number of hydrogen-bond donors (Lipinski definition) is 0. The van der Waals surface area contributed by atoms with Gasteiger partial charge in [-0.1, -0.05) is 23.5 Å². The summed E-state index contributed by atoms with van der Waals surface area (Å²) in [6, 6.07) is 12.4. The molecule has 4 aromatic rings. The molecule has 0 bridgehead atoms. The van der Waals surface area contributed by atoms with Crippen LogP contribution in [0, 0.1) is 13.8 Å². The van der Waals surface area contributed by atoms with E-state index >= 15 is 0 Å². The van der Waals surface area contributed by atoms with Crippen molar-refractivity contribution in [2.24, 2.45) is 4.99 Å². The third-order valence-corrected chi connectivity index (χ3v) is 8.52. The lowest BCUT2D eigenvalue weighted by Gasteiger charge is -2.23. The highest BCUT2D eigenvalue weighted by Gasteiger charge is 2.34. The quantitative estimate of drug-likeness (QED) is 0.331. The molecule has 0 amide bonds. The van der Waals surface area contributed by atoms with Crippen LogP contribution in [-0.4, -0.2) is 34.8 Å². The van der Waals surface area contributed by atoms with Crippen molar-refractivity contribution in [1.29, 1.82) is 0 Å². The molecule has 1 atom stereocenters. The van der Waals surface area contributed by atoms with E-state index in [1.807, 2.05) is 60.2 Å². The number of esters is 2. The smallest absolute Gasteiger partial charge is 0.338 e. The average molecular weight is 562 g/mol. The number of rotatable bonds is 6. The number of aryl methyl sites for hydroxylation is 1. The van der Waals surface area contributed by atoms with Gasteiger partial charge in [0.1, 0.15) is 6.04 Å². The summed E-state index contributed by atoms with van der Waals surface area (Å²) < 4.78 is 14.4. The van der Waals surface area contributed by atoms with Gasteiger partial charge < -0.3 is 14.0 Å². The van der Waals surface area contributed by atoms with Crippen LogP contribution in [0.5, 0.6) is 0 Å². The highest BCUT2D eigenvalue weighted by Crippen LogP contribution is 2.33. The van der Waals surface area contributed by atoms with Crippen LogP contribution < -0.4 is 14.9 Å². The summed E-state index contributed by atoms with van der Waals surface area (Å²) in [7, 11) is 1.36. The van der Waals surface area contributed by atoms with Crippen LogP contribution in [0.15, 0.2) is 68.9 Å². The first-order valence-electron chi connectivity index (χ1n) is 12.4. The topological polar surface area (TPSA) is 91.9 Å². The van der Waals surface area contributed by atoms with Gasteiger partial charge in [0.25, 0.3) is 5.56 Å². The van der Waals surface area contributed by atoms with Crippen molar-refractivity contribution in [3.63, 3.8) is 0 Å². The highest BCUT2D eigenvalue weighted by molar-refractivity contribution is 7.10. The zero-order chi connectivity index (χ0) is 27.8. The lowest BCUT2D eigenvalue weighted by Crippen LogP contribution is -2.39. The van der Waals surface area contributed by atoms with Crippen molar-refractivity contribution in [1.82, 2.24) is 9.13 Å². The monoisotopic (exact) mass is 561 g/mol. The first kappa shape index (κ1) is 26.6. The fourth-order valence-corrected chi connectivity index (χ4v) is 6.73. The molecule has 1 aromatic carbocycles. The maximum atomic E-state index is 13.8. The van der Waals surface area contributed by atoms with E-state index in [1.54, 1.807) is 30.5 Å². The molecule has 0 saturated heterocycles. The normalized spacial score (nSPS) is 15.2. The largest absolute Gasteiger partial charge is 0.465 e. The number of hydrogen-bond acceptors (Lipinski definition) is 8. The summed E-state index contributed by atoms with van der Waals surface area (Å²) in [6.07, 6.45) is 1.86. The van der Waals surface area contributed by atoms with E-state index in [9.17, 15) is 14.4 Å². The Hall–Kier alpha value is -4.02. The van der Waals surface area contributed by atoms with Crippen molar-refractivity contribution in [2.45, 2.75) is 33.7 Å². The van der Waals surface area contributed by atoms with E-state index < -0.39 is 18.0 Å². The van der Waals surface area contributed by atoms with E-state index in [0.29, 0.717) is 26.2 Å². The SMILES string of the molecule is CCOC(=O)C1=C(C)N=c2s/c(=C/c3cc(C)n(-c4cccc(C(=O)OC)c4)c3C)c(=O)n2C1c1cccs1. The number of aromatic nitrogens is 2. The predicted octanol–water partition coefficient (Wildman–Crippen LogP) is 4.05. The number of nitrogens with zero attached hydrogens (tertiary/aromatic N) is 3. The Morgan fingerprint density at radius 3 is 2.59 bits per heavy atom. The zero-order valence-electron chi connectivity index (χ0n) is 22.2. The molecular weight excluding hydrogens is 534 g/mol. The fraction of sp³-hybridized carbons (Fsp3) is 0.241. The molecule has 8 nitrogen and oxygen atoms in total. The second kappa shape index (κ2) is 10.6. The van der Waals surface area contributed by atoms with Crippen molar-refractivity contribution in [2.75, 3.05) is 13.7 Å². The van der Waals surface area contributed by atoms with Crippen molar-refractivity contribution < 1.29 is 19.1 Å². The summed E-state index contributed by atoms with van der Waals surface area (Å²) in [5.41, 5.74) is 4.72. The molecule has 0 aliphatic carbocycles. The number of allylic oxidation sites excluding steroid dienone is 1. The lowest BCUT2D eigenvalue weighted by molar-refractivity contribution is -0.139. The maximum Gasteiger partial charge on any atom is 0.338 e. The summed E-state index contributed by atoms with van der Waals surface area (Å²) in [5, 5.41) is 1.92. The molecule has 10 heteroatoms. The van der Waals surface area contributed by atoms with Gasteiger partial charge in [0.15, 0.2) is 4.80 Å². The number of thiazole rings is 1. The summed E-state index contributed by atoms with van der Waals surface area (Å²) in [4.78, 5) is 44.9. The van der Waals surface area contributed by atoms with Crippen LogP contribution in [-0.2, 0) is 14.3 Å². The molecule has 5 rings (SSSR count). The van der Waals surface area contributed by atoms with E-state index in [-0.39, 0.29) is 12.2 Å². The van der Waals surface area contributed by atoms with E-state index in [4.69, 9.17) is 9.47 Å². The van der Waals surface area contributed by atoms with Crippen molar-refractivity contribution in [3.05, 3.63) is 106 Å². The van der Waals surface area contributed by atoms with E-state index in [1.165, 1.54) is 29.8 Å². The second-order valence-corrected chi connectivity index (χ2v) is 11.0. The molecule has 0 spiro atoms. The van der Waals surface area contributed by atoms with Crippen LogP contribution in [0.3, 0.4) is 0 Å². The third kappa shape index (κ3) is 4.70. The van der Waals surface area contributed by atoms with Gasteiger partial charge in [-0.15, -0.1) is 11.3 Å². The molecule has 200 valence electrons. The first-order valence-corrected chi connectivity index (χ1v) is 14.1. The molecule has 39 heavy (non-hydrogen) atoms. The number of methoxy groups -OCH3 is 1. The molecule has 3 aromatic heterocycles. The van der Waals surface area contributed by atoms with Crippen LogP contribution in [0.4, 0.5) is 0 Å². The fourth-order valence-electron chi connectivity index (χ4n) is 4.87. The van der Waals surface area contributed by atoms with Gasteiger partial charge in [-0.25, -0.2) is 14.6 Å². The van der Waals surface area contributed by atoms with Gasteiger partial charge in [-0.05, 0) is 75.0 Å². The van der Waals surface area contributed by atoms with E-state index in [2.05, 4.69) is 4.99 Å². The third-order valence-electron chi connectivity index (χ3n) is 6.61. The Kier molecular flexibility index (Phi) is 7.24. The van der Waals surface area contributed by atoms with Crippen molar-refractivity contribution in [3.8, 4) is 5.69 Å². The minimum Gasteiger partial charge on any atom is -0.465 e. The van der Waals surface area contributed by atoms with Crippen LogP contribution in [0.25, 0.3) is 11.8 Å². The molecule has 1 unspecified atom stereocenters. The minimum atomic E-state index is -0.601. The van der Waals surface area contributed by atoms with Gasteiger partial charge >= 0.3 is 11.9 Å². The molecule has 0 saturated carbocycles. The van der Waals surface area contributed by atoms with Gasteiger partial charge in [-0.2, -0.15) is 0 Å². The summed E-state index contributed by atoms with van der Waals surface area (Å²) in [5.74, 6) is -0.873.